The molecule has 0 atom stereocenters. The molecule has 0 unspecified atom stereocenters. The van der Waals surface area contributed by atoms with Gasteiger partial charge in [0.25, 0.3) is 0 Å². The van der Waals surface area contributed by atoms with Crippen molar-refractivity contribution in [1.82, 2.24) is 4.98 Å². The molecule has 1 aromatic carbocycles. The van der Waals surface area contributed by atoms with Gasteiger partial charge in [0, 0.05) is 23.5 Å². The normalized spacial score (nSPS) is 10.6. The first-order valence-corrected chi connectivity index (χ1v) is 6.35. The van der Waals surface area contributed by atoms with Crippen molar-refractivity contribution >= 4 is 17.3 Å². The van der Waals surface area contributed by atoms with E-state index in [4.69, 9.17) is 10.2 Å². The molecule has 0 radical (unpaired) electrons. The van der Waals surface area contributed by atoms with Crippen LogP contribution in [0.4, 0.5) is 0 Å². The van der Waals surface area contributed by atoms with Crippen LogP contribution in [0.2, 0.25) is 0 Å². The zero-order valence-corrected chi connectivity index (χ0v) is 10.7. The Labute approximate surface area is 109 Å². The van der Waals surface area contributed by atoms with E-state index in [1.165, 1.54) is 11.3 Å². The summed E-state index contributed by atoms with van der Waals surface area (Å²) < 4.78 is 0. The maximum absolute atomic E-state index is 11.1. The number of hydrogen-bond donors (Lipinski definition) is 2. The van der Waals surface area contributed by atoms with Gasteiger partial charge in [0.15, 0.2) is 5.69 Å². The number of nitrogens with zero attached hydrogens (tertiary/aromatic N) is 1. The molecular weight excluding hydrogens is 250 g/mol. The second kappa shape index (κ2) is 5.29. The fourth-order valence-electron chi connectivity index (χ4n) is 1.72. The van der Waals surface area contributed by atoms with Gasteiger partial charge in [-0.25, -0.2) is 9.78 Å². The maximum Gasteiger partial charge on any atom is 0.355 e. The molecule has 2 N–H and O–H groups in total. The second-order valence-electron chi connectivity index (χ2n) is 3.88. The predicted octanol–water partition coefficient (Wildman–Crippen LogP) is 2.35. The Kier molecular flexibility index (Phi) is 3.74. The molecule has 0 saturated carbocycles. The number of aromatic nitrogens is 1. The summed E-state index contributed by atoms with van der Waals surface area (Å²) in [6.45, 7) is 1.89. The number of aryl methyl sites for hydroxylation is 1. The third-order valence-corrected chi connectivity index (χ3v) is 3.76. The van der Waals surface area contributed by atoms with Crippen molar-refractivity contribution in [1.29, 1.82) is 0 Å². The Balaban J connectivity index is 2.50. The van der Waals surface area contributed by atoms with Crippen molar-refractivity contribution in [3.05, 3.63) is 40.4 Å². The number of carbonyl (C=O) groups is 1. The fraction of sp³-hybridized carbons (Fsp3) is 0.231. The third kappa shape index (κ3) is 2.42. The van der Waals surface area contributed by atoms with Gasteiger partial charge in [0.1, 0.15) is 5.01 Å². The average Bonchev–Trinajstić information content (AvgIpc) is 2.74. The van der Waals surface area contributed by atoms with E-state index in [2.05, 4.69) is 4.98 Å². The average molecular weight is 263 g/mol. The van der Waals surface area contributed by atoms with Crippen LogP contribution in [0, 0.1) is 6.92 Å². The topological polar surface area (TPSA) is 70.4 Å². The molecule has 2 rings (SSSR count). The van der Waals surface area contributed by atoms with Crippen molar-refractivity contribution < 1.29 is 15.0 Å². The van der Waals surface area contributed by atoms with E-state index in [9.17, 15) is 4.79 Å². The molecule has 0 spiro atoms. The van der Waals surface area contributed by atoms with Crippen molar-refractivity contribution in [3.63, 3.8) is 0 Å². The zero-order valence-electron chi connectivity index (χ0n) is 9.88. The molecule has 0 bridgehead atoms. The molecule has 94 valence electrons. The second-order valence-corrected chi connectivity index (χ2v) is 4.97. The number of aliphatic hydroxyl groups is 1. The van der Waals surface area contributed by atoms with Gasteiger partial charge in [0.05, 0.1) is 0 Å². The summed E-state index contributed by atoms with van der Waals surface area (Å²) in [5.41, 5.74) is 2.04. The minimum atomic E-state index is -1.05. The number of hydrogen-bond acceptors (Lipinski definition) is 4. The Morgan fingerprint density at radius 2 is 2.11 bits per heavy atom. The standard InChI is InChI=1S/C13H13NO3S/c1-8-4-2-3-5-9(8)12-14-11(13(16)17)10(18-12)6-7-15/h2-5,15H,6-7H2,1H3,(H,16,17). The van der Waals surface area contributed by atoms with Crippen LogP contribution >= 0.6 is 11.3 Å². The van der Waals surface area contributed by atoms with Crippen LogP contribution in [-0.2, 0) is 6.42 Å². The summed E-state index contributed by atoms with van der Waals surface area (Å²) in [7, 11) is 0. The first kappa shape index (κ1) is 12.7. The van der Waals surface area contributed by atoms with Crippen LogP contribution in [0.15, 0.2) is 24.3 Å². The number of carboxylic acid groups (broad SMARTS) is 1. The number of carboxylic acids is 1. The molecule has 2 aromatic rings. The summed E-state index contributed by atoms with van der Waals surface area (Å²) in [4.78, 5) is 15.9. The quantitative estimate of drug-likeness (QED) is 0.888. The van der Waals surface area contributed by atoms with Crippen LogP contribution in [0.25, 0.3) is 10.6 Å². The molecule has 0 aliphatic rings. The SMILES string of the molecule is Cc1ccccc1-c1nc(C(=O)O)c(CCO)s1. The summed E-state index contributed by atoms with van der Waals surface area (Å²) >= 11 is 1.33. The molecule has 0 saturated heterocycles. The van der Waals surface area contributed by atoms with Crippen LogP contribution in [0.5, 0.6) is 0 Å². The molecule has 0 fully saturated rings. The van der Waals surface area contributed by atoms with Crippen molar-refractivity contribution in [2.75, 3.05) is 6.61 Å². The lowest BCUT2D eigenvalue weighted by molar-refractivity contribution is 0.0690. The van der Waals surface area contributed by atoms with Crippen LogP contribution < -0.4 is 0 Å². The molecule has 5 heteroatoms. The van der Waals surface area contributed by atoms with E-state index >= 15 is 0 Å². The summed E-state index contributed by atoms with van der Waals surface area (Å²) in [5, 5.41) is 18.7. The Hall–Kier alpha value is -1.72. The number of aliphatic hydroxyl groups excluding tert-OH is 1. The smallest absolute Gasteiger partial charge is 0.355 e. The van der Waals surface area contributed by atoms with Gasteiger partial charge in [-0.15, -0.1) is 11.3 Å². The highest BCUT2D eigenvalue weighted by molar-refractivity contribution is 7.15. The molecule has 1 aromatic heterocycles. The van der Waals surface area contributed by atoms with Gasteiger partial charge in [-0.2, -0.15) is 0 Å². The number of thiazole rings is 1. The number of benzene rings is 1. The van der Waals surface area contributed by atoms with Gasteiger partial charge < -0.3 is 10.2 Å². The monoisotopic (exact) mass is 263 g/mol. The zero-order chi connectivity index (χ0) is 13.1. The molecule has 18 heavy (non-hydrogen) atoms. The van der Waals surface area contributed by atoms with E-state index < -0.39 is 5.97 Å². The van der Waals surface area contributed by atoms with E-state index in [0.717, 1.165) is 11.1 Å². The highest BCUT2D eigenvalue weighted by Gasteiger charge is 2.18. The first-order valence-electron chi connectivity index (χ1n) is 5.53. The third-order valence-electron chi connectivity index (χ3n) is 2.61. The van der Waals surface area contributed by atoms with E-state index in [1.54, 1.807) is 0 Å². The van der Waals surface area contributed by atoms with Crippen molar-refractivity contribution in [2.45, 2.75) is 13.3 Å². The molecule has 1 heterocycles. The highest BCUT2D eigenvalue weighted by Crippen LogP contribution is 2.30. The predicted molar refractivity (Wildman–Crippen MR) is 70.0 cm³/mol. The molecule has 4 nitrogen and oxygen atoms in total. The number of aromatic carboxylic acids is 1. The molecule has 0 aliphatic carbocycles. The maximum atomic E-state index is 11.1. The van der Waals surface area contributed by atoms with Crippen LogP contribution in [0.1, 0.15) is 20.9 Å². The lowest BCUT2D eigenvalue weighted by Gasteiger charge is -1.99. The number of rotatable bonds is 4. The highest BCUT2D eigenvalue weighted by atomic mass is 32.1. The van der Waals surface area contributed by atoms with Gasteiger partial charge in [-0.05, 0) is 12.5 Å². The minimum Gasteiger partial charge on any atom is -0.476 e. The van der Waals surface area contributed by atoms with E-state index in [1.807, 2.05) is 31.2 Å². The Bertz CT molecular complexity index is 577. The van der Waals surface area contributed by atoms with Crippen LogP contribution in [-0.4, -0.2) is 27.8 Å². The first-order chi connectivity index (χ1) is 8.63. The van der Waals surface area contributed by atoms with Gasteiger partial charge in [-0.3, -0.25) is 0 Å². The Morgan fingerprint density at radius 3 is 2.72 bits per heavy atom. The molecular formula is C13H13NO3S. The van der Waals surface area contributed by atoms with Gasteiger partial charge in [0.2, 0.25) is 0 Å². The fourth-order valence-corrected chi connectivity index (χ4v) is 2.85. The van der Waals surface area contributed by atoms with Gasteiger partial charge in [-0.1, -0.05) is 24.3 Å². The van der Waals surface area contributed by atoms with Crippen molar-refractivity contribution in [2.24, 2.45) is 0 Å². The van der Waals surface area contributed by atoms with E-state index in [-0.39, 0.29) is 12.3 Å². The largest absolute Gasteiger partial charge is 0.476 e. The summed E-state index contributed by atoms with van der Waals surface area (Å²) in [5.74, 6) is -1.05. The lowest BCUT2D eigenvalue weighted by atomic mass is 10.1. The summed E-state index contributed by atoms with van der Waals surface area (Å²) in [6.07, 6.45) is 0.325. The molecule has 0 aliphatic heterocycles. The van der Waals surface area contributed by atoms with Crippen molar-refractivity contribution in [3.8, 4) is 10.6 Å². The summed E-state index contributed by atoms with van der Waals surface area (Å²) in [6, 6.07) is 7.71. The lowest BCUT2D eigenvalue weighted by Crippen LogP contribution is -2.02. The van der Waals surface area contributed by atoms with Crippen LogP contribution in [0.3, 0.4) is 0 Å². The van der Waals surface area contributed by atoms with Gasteiger partial charge >= 0.3 is 5.97 Å². The van der Waals surface area contributed by atoms with E-state index in [0.29, 0.717) is 16.3 Å². The Morgan fingerprint density at radius 1 is 1.39 bits per heavy atom. The molecule has 0 amide bonds. The minimum absolute atomic E-state index is 0.0484.